The largest absolute Gasteiger partial charge is 0.508 e. The van der Waals surface area contributed by atoms with E-state index in [1.165, 1.54) is 6.07 Å². The van der Waals surface area contributed by atoms with Crippen molar-refractivity contribution in [3.05, 3.63) is 23.3 Å². The van der Waals surface area contributed by atoms with Crippen molar-refractivity contribution in [3.63, 3.8) is 0 Å². The third kappa shape index (κ3) is 1.35. The topological polar surface area (TPSA) is 46.5 Å². The summed E-state index contributed by atoms with van der Waals surface area (Å²) in [6.45, 7) is 3.61. The zero-order chi connectivity index (χ0) is 10.3. The molecule has 0 aliphatic carbocycles. The zero-order valence-corrected chi connectivity index (χ0v) is 8.20. The van der Waals surface area contributed by atoms with Crippen molar-refractivity contribution in [2.45, 2.75) is 26.4 Å². The summed E-state index contributed by atoms with van der Waals surface area (Å²) in [5.74, 6) is 0.754. The van der Waals surface area contributed by atoms with E-state index in [0.717, 1.165) is 0 Å². The summed E-state index contributed by atoms with van der Waals surface area (Å²) in [6, 6.07) is 3.19. The number of phenolic OH excluding ortho intramolecular Hbond substituents is 1. The van der Waals surface area contributed by atoms with Crippen molar-refractivity contribution < 1.29 is 14.6 Å². The molecule has 1 aromatic carbocycles. The van der Waals surface area contributed by atoms with Gasteiger partial charge in [0.05, 0.1) is 5.56 Å². The second-order valence-electron chi connectivity index (χ2n) is 3.69. The van der Waals surface area contributed by atoms with Gasteiger partial charge >= 0.3 is 0 Å². The molecule has 1 aromatic rings. The highest BCUT2D eigenvalue weighted by atomic mass is 16.5. The monoisotopic (exact) mass is 192 g/mol. The molecule has 1 aliphatic rings. The number of carbonyl (C=O) groups excluding carboxylic acids is 1. The van der Waals surface area contributed by atoms with Gasteiger partial charge in [0, 0.05) is 12.5 Å². The van der Waals surface area contributed by atoms with Crippen molar-refractivity contribution in [1.82, 2.24) is 0 Å². The lowest BCUT2D eigenvalue weighted by Crippen LogP contribution is -2.23. The quantitative estimate of drug-likeness (QED) is 0.684. The molecule has 3 nitrogen and oxygen atoms in total. The molecule has 14 heavy (non-hydrogen) atoms. The van der Waals surface area contributed by atoms with Crippen LogP contribution in [0.3, 0.4) is 0 Å². The van der Waals surface area contributed by atoms with Crippen LogP contribution in [0.5, 0.6) is 11.5 Å². The fourth-order valence-corrected chi connectivity index (χ4v) is 1.62. The summed E-state index contributed by atoms with van der Waals surface area (Å²) in [6.07, 6.45) is 0.314. The SMILES string of the molecule is Cc1cc2c(cc1O)OC(C)CC2=O. The average molecular weight is 192 g/mol. The van der Waals surface area contributed by atoms with Crippen LogP contribution >= 0.6 is 0 Å². The summed E-state index contributed by atoms with van der Waals surface area (Å²) in [5, 5.41) is 9.46. The van der Waals surface area contributed by atoms with Gasteiger partial charge in [-0.2, -0.15) is 0 Å². The lowest BCUT2D eigenvalue weighted by Gasteiger charge is -2.22. The molecule has 1 aliphatic heterocycles. The van der Waals surface area contributed by atoms with Gasteiger partial charge in [-0.1, -0.05) is 0 Å². The summed E-state index contributed by atoms with van der Waals surface area (Å²) < 4.78 is 5.46. The highest BCUT2D eigenvalue weighted by Gasteiger charge is 2.24. The minimum absolute atomic E-state index is 0.0850. The molecule has 0 saturated heterocycles. The third-order valence-electron chi connectivity index (χ3n) is 2.40. The Morgan fingerprint density at radius 3 is 2.93 bits per heavy atom. The standard InChI is InChI=1S/C11H12O3/c1-6-3-8-10(13)4-7(2)14-11(8)5-9(6)12/h3,5,7,12H,4H2,1-2H3. The number of Topliss-reactive ketones (excluding diaryl/α,β-unsaturated/α-hetero) is 1. The number of hydrogen-bond donors (Lipinski definition) is 1. The maximum absolute atomic E-state index is 11.6. The molecule has 0 bridgehead atoms. The third-order valence-corrected chi connectivity index (χ3v) is 2.40. The van der Waals surface area contributed by atoms with Crippen LogP contribution in [0.2, 0.25) is 0 Å². The van der Waals surface area contributed by atoms with Gasteiger partial charge in [0.15, 0.2) is 5.78 Å². The molecule has 1 atom stereocenters. The van der Waals surface area contributed by atoms with Crippen LogP contribution in [0.25, 0.3) is 0 Å². The number of ether oxygens (including phenoxy) is 1. The van der Waals surface area contributed by atoms with Crippen LogP contribution in [-0.4, -0.2) is 17.0 Å². The molecule has 74 valence electrons. The number of hydrogen-bond acceptors (Lipinski definition) is 3. The minimum Gasteiger partial charge on any atom is -0.508 e. The van der Waals surface area contributed by atoms with Gasteiger partial charge in [0.25, 0.3) is 0 Å². The first-order valence-electron chi connectivity index (χ1n) is 4.61. The Morgan fingerprint density at radius 2 is 2.21 bits per heavy atom. The number of fused-ring (bicyclic) bond motifs is 1. The van der Waals surface area contributed by atoms with Crippen LogP contribution in [-0.2, 0) is 0 Å². The molecule has 0 aromatic heterocycles. The van der Waals surface area contributed by atoms with Crippen molar-refractivity contribution in [3.8, 4) is 11.5 Å². The Balaban J connectivity index is 2.55. The Kier molecular flexibility index (Phi) is 1.95. The minimum atomic E-state index is -0.0999. The highest BCUT2D eigenvalue weighted by Crippen LogP contribution is 2.32. The second-order valence-corrected chi connectivity index (χ2v) is 3.69. The Labute approximate surface area is 82.3 Å². The Hall–Kier alpha value is -1.51. The molecule has 0 radical (unpaired) electrons. The molecular formula is C11H12O3. The number of phenols is 1. The van der Waals surface area contributed by atoms with Crippen molar-refractivity contribution >= 4 is 5.78 Å². The van der Waals surface area contributed by atoms with E-state index in [-0.39, 0.29) is 17.6 Å². The van der Waals surface area contributed by atoms with E-state index < -0.39 is 0 Å². The van der Waals surface area contributed by atoms with Crippen molar-refractivity contribution in [1.29, 1.82) is 0 Å². The Bertz CT molecular complexity index is 396. The summed E-state index contributed by atoms with van der Waals surface area (Å²) in [5.41, 5.74) is 1.29. The van der Waals surface area contributed by atoms with E-state index in [9.17, 15) is 9.90 Å². The lowest BCUT2D eigenvalue weighted by molar-refractivity contribution is 0.0870. The second kappa shape index (κ2) is 3.01. The first kappa shape index (κ1) is 9.06. The van der Waals surface area contributed by atoms with Gasteiger partial charge in [-0.25, -0.2) is 0 Å². The fourth-order valence-electron chi connectivity index (χ4n) is 1.62. The van der Waals surface area contributed by atoms with Crippen LogP contribution in [0, 0.1) is 6.92 Å². The van der Waals surface area contributed by atoms with Crippen LogP contribution < -0.4 is 4.74 Å². The van der Waals surface area contributed by atoms with Gasteiger partial charge in [-0.15, -0.1) is 0 Å². The molecule has 0 saturated carbocycles. The summed E-state index contributed by atoms with van der Waals surface area (Å²) in [4.78, 5) is 11.6. The van der Waals surface area contributed by atoms with E-state index in [1.807, 2.05) is 6.92 Å². The molecule has 3 heteroatoms. The summed E-state index contributed by atoms with van der Waals surface area (Å²) >= 11 is 0. The van der Waals surface area contributed by atoms with Gasteiger partial charge in [0.2, 0.25) is 0 Å². The van der Waals surface area contributed by atoms with Crippen LogP contribution in [0.15, 0.2) is 12.1 Å². The highest BCUT2D eigenvalue weighted by molar-refractivity contribution is 6.00. The molecular weight excluding hydrogens is 180 g/mol. The molecule has 0 spiro atoms. The van der Waals surface area contributed by atoms with Gasteiger partial charge < -0.3 is 9.84 Å². The smallest absolute Gasteiger partial charge is 0.170 e. The molecule has 1 unspecified atom stereocenters. The van der Waals surface area contributed by atoms with Crippen LogP contribution in [0.4, 0.5) is 0 Å². The van der Waals surface area contributed by atoms with E-state index in [1.54, 1.807) is 13.0 Å². The zero-order valence-electron chi connectivity index (χ0n) is 8.20. The number of benzene rings is 1. The van der Waals surface area contributed by atoms with E-state index in [0.29, 0.717) is 23.3 Å². The normalized spacial score (nSPS) is 20.1. The predicted octanol–water partition coefficient (Wildman–Crippen LogP) is 2.05. The maximum atomic E-state index is 11.6. The summed E-state index contributed by atoms with van der Waals surface area (Å²) in [7, 11) is 0. The van der Waals surface area contributed by atoms with E-state index in [2.05, 4.69) is 0 Å². The number of rotatable bonds is 0. The van der Waals surface area contributed by atoms with Crippen LogP contribution in [0.1, 0.15) is 29.3 Å². The van der Waals surface area contributed by atoms with E-state index >= 15 is 0 Å². The first-order chi connectivity index (χ1) is 6.58. The van der Waals surface area contributed by atoms with Gasteiger partial charge in [0.1, 0.15) is 17.6 Å². The first-order valence-corrected chi connectivity index (χ1v) is 4.61. The molecule has 0 amide bonds. The number of carbonyl (C=O) groups is 1. The number of ketones is 1. The average Bonchev–Trinajstić information content (AvgIpc) is 2.08. The van der Waals surface area contributed by atoms with Gasteiger partial charge in [-0.05, 0) is 25.5 Å². The molecule has 0 fully saturated rings. The molecule has 1 heterocycles. The number of aromatic hydroxyl groups is 1. The Morgan fingerprint density at radius 1 is 1.50 bits per heavy atom. The number of aryl methyl sites for hydroxylation is 1. The lowest BCUT2D eigenvalue weighted by atomic mass is 9.99. The van der Waals surface area contributed by atoms with Gasteiger partial charge in [-0.3, -0.25) is 4.79 Å². The molecule has 2 rings (SSSR count). The fraction of sp³-hybridized carbons (Fsp3) is 0.364. The van der Waals surface area contributed by atoms with Crippen molar-refractivity contribution in [2.24, 2.45) is 0 Å². The predicted molar refractivity (Wildman–Crippen MR) is 51.9 cm³/mol. The molecule has 1 N–H and O–H groups in total. The van der Waals surface area contributed by atoms with E-state index in [4.69, 9.17) is 4.74 Å². The van der Waals surface area contributed by atoms with Crippen molar-refractivity contribution in [2.75, 3.05) is 0 Å². The maximum Gasteiger partial charge on any atom is 0.170 e.